The lowest BCUT2D eigenvalue weighted by Gasteiger charge is -2.38. The summed E-state index contributed by atoms with van der Waals surface area (Å²) in [5.74, 6) is 0.0998. The van der Waals surface area contributed by atoms with Crippen LogP contribution in [-0.2, 0) is 14.3 Å². The highest BCUT2D eigenvalue weighted by Gasteiger charge is 2.64. The van der Waals surface area contributed by atoms with Crippen molar-refractivity contribution in [3.05, 3.63) is 12.2 Å². The molecule has 3 atom stereocenters. The van der Waals surface area contributed by atoms with E-state index in [2.05, 4.69) is 26.7 Å². The summed E-state index contributed by atoms with van der Waals surface area (Å²) in [6.07, 6.45) is 1.20. The number of hydrogen-bond donors (Lipinski definition) is 0. The topological polar surface area (TPSA) is 43.4 Å². The molecule has 2 fully saturated rings. The maximum absolute atomic E-state index is 12.5. The lowest BCUT2D eigenvalue weighted by atomic mass is 9.72. The molecule has 8 heteroatoms. The molecule has 0 aromatic rings. The lowest BCUT2D eigenvalue weighted by Crippen LogP contribution is -2.41. The van der Waals surface area contributed by atoms with Crippen LogP contribution >= 0.6 is 15.9 Å². The molecule has 0 spiro atoms. The third kappa shape index (κ3) is 2.06. The summed E-state index contributed by atoms with van der Waals surface area (Å²) in [7, 11) is -5.59. The summed E-state index contributed by atoms with van der Waals surface area (Å²) in [6.45, 7) is 5.69. The molecule has 2 rings (SSSR count). The van der Waals surface area contributed by atoms with Gasteiger partial charge in [0.2, 0.25) is 0 Å². The van der Waals surface area contributed by atoms with Crippen molar-refractivity contribution >= 4 is 26.0 Å². The van der Waals surface area contributed by atoms with Crippen LogP contribution in [0.2, 0.25) is 0 Å². The van der Waals surface area contributed by atoms with Crippen LogP contribution in [-0.4, -0.2) is 24.9 Å². The Hall–Kier alpha value is -0.0800. The predicted molar refractivity (Wildman–Crippen MR) is 67.2 cm³/mol. The molecule has 2 bridgehead atoms. The van der Waals surface area contributed by atoms with Crippen LogP contribution in [0.5, 0.6) is 0 Å². The van der Waals surface area contributed by atoms with E-state index in [4.69, 9.17) is 0 Å². The number of alkyl halides is 4. The fourth-order valence-corrected chi connectivity index (χ4v) is 4.73. The molecule has 0 aliphatic heterocycles. The van der Waals surface area contributed by atoms with Gasteiger partial charge in [-0.1, -0.05) is 29.4 Å². The lowest BCUT2D eigenvalue weighted by molar-refractivity contribution is -0.0618. The molecule has 19 heavy (non-hydrogen) atoms. The van der Waals surface area contributed by atoms with Gasteiger partial charge in [0, 0.05) is 10.7 Å². The number of rotatable bonds is 3. The van der Waals surface area contributed by atoms with Gasteiger partial charge >= 0.3 is 15.6 Å². The molecule has 0 aromatic carbocycles. The first-order chi connectivity index (χ1) is 8.48. The average Bonchev–Trinajstić information content (AvgIpc) is 2.76. The first-order valence-corrected chi connectivity index (χ1v) is 8.29. The normalized spacial score (nSPS) is 39.0. The zero-order chi connectivity index (χ0) is 14.7. The maximum Gasteiger partial charge on any atom is 0.523 e. The summed E-state index contributed by atoms with van der Waals surface area (Å²) in [5.41, 5.74) is -6.75. The molecule has 0 aromatic heterocycles. The molecule has 2 aliphatic carbocycles. The average molecular weight is 363 g/mol. The van der Waals surface area contributed by atoms with E-state index in [1.54, 1.807) is 0 Å². The summed E-state index contributed by atoms with van der Waals surface area (Å²) < 4.78 is 64.4. The van der Waals surface area contributed by atoms with Crippen LogP contribution in [0.15, 0.2) is 12.2 Å². The fourth-order valence-electron chi connectivity index (χ4n) is 3.17. The van der Waals surface area contributed by atoms with Crippen molar-refractivity contribution in [2.45, 2.75) is 37.3 Å². The minimum Gasteiger partial charge on any atom is -0.252 e. The highest BCUT2D eigenvalue weighted by Crippen LogP contribution is 2.63. The molecule has 0 heterocycles. The van der Waals surface area contributed by atoms with Crippen molar-refractivity contribution in [2.24, 2.45) is 11.3 Å². The number of fused-ring (bicyclic) bond motifs is 2. The zero-order valence-corrected chi connectivity index (χ0v) is 12.7. The van der Waals surface area contributed by atoms with Gasteiger partial charge in [0.15, 0.2) is 0 Å². The van der Waals surface area contributed by atoms with Crippen molar-refractivity contribution in [1.29, 1.82) is 0 Å². The Morgan fingerprint density at radius 3 is 2.53 bits per heavy atom. The van der Waals surface area contributed by atoms with Crippen LogP contribution in [0.1, 0.15) is 26.2 Å². The summed E-state index contributed by atoms with van der Waals surface area (Å²) >= 11 is 3.33. The standard InChI is InChI=1S/C11H14BrF3O3S/c1-7-9(2,6-12)8-3-4-10(7,5-8)18-19(16,17)11(13,14)15/h8H,1,3-6H2,2H3/t8-,9+,10-/m1/s1. The van der Waals surface area contributed by atoms with Crippen LogP contribution in [0.4, 0.5) is 13.2 Å². The number of hydrogen-bond acceptors (Lipinski definition) is 3. The van der Waals surface area contributed by atoms with Gasteiger partial charge in [-0.15, -0.1) is 0 Å². The second kappa shape index (κ2) is 4.21. The van der Waals surface area contributed by atoms with Crippen LogP contribution in [0.25, 0.3) is 0 Å². The van der Waals surface area contributed by atoms with E-state index in [1.165, 1.54) is 0 Å². The van der Waals surface area contributed by atoms with E-state index >= 15 is 0 Å². The molecule has 2 aliphatic rings. The maximum atomic E-state index is 12.5. The smallest absolute Gasteiger partial charge is 0.252 e. The molecule has 0 saturated heterocycles. The predicted octanol–water partition coefficient (Wildman–Crippen LogP) is 3.36. The van der Waals surface area contributed by atoms with E-state index in [0.717, 1.165) is 0 Å². The molecule has 0 amide bonds. The Labute approximate surface area is 118 Å². The van der Waals surface area contributed by atoms with Gasteiger partial charge in [0.05, 0.1) is 0 Å². The number of halogens is 4. The van der Waals surface area contributed by atoms with E-state index in [1.807, 2.05) is 6.92 Å². The van der Waals surface area contributed by atoms with Crippen molar-refractivity contribution in [1.82, 2.24) is 0 Å². The molecule has 0 N–H and O–H groups in total. The highest BCUT2D eigenvalue weighted by molar-refractivity contribution is 9.09. The van der Waals surface area contributed by atoms with Crippen molar-refractivity contribution in [3.63, 3.8) is 0 Å². The first kappa shape index (κ1) is 15.3. The molecule has 0 radical (unpaired) electrons. The quantitative estimate of drug-likeness (QED) is 0.334. The van der Waals surface area contributed by atoms with Gasteiger partial charge < -0.3 is 0 Å². The second-order valence-corrected chi connectivity index (χ2v) is 7.55. The van der Waals surface area contributed by atoms with Crippen LogP contribution in [0.3, 0.4) is 0 Å². The van der Waals surface area contributed by atoms with E-state index in [0.29, 0.717) is 17.3 Å². The van der Waals surface area contributed by atoms with Gasteiger partial charge in [0.25, 0.3) is 0 Å². The summed E-state index contributed by atoms with van der Waals surface area (Å²) in [4.78, 5) is 0. The SMILES string of the molecule is C=C1[C@@]2(OS(=O)(=O)C(F)(F)F)CC[C@H](C2)[C@@]1(C)CBr. The van der Waals surface area contributed by atoms with Gasteiger partial charge in [-0.05, 0) is 30.8 Å². The molecule has 110 valence electrons. The summed E-state index contributed by atoms with van der Waals surface area (Å²) in [6, 6.07) is 0. The molecular weight excluding hydrogens is 349 g/mol. The zero-order valence-electron chi connectivity index (χ0n) is 10.3. The van der Waals surface area contributed by atoms with Gasteiger partial charge in [0.1, 0.15) is 5.60 Å². The Morgan fingerprint density at radius 1 is 1.53 bits per heavy atom. The molecular formula is C11H14BrF3O3S. The Kier molecular flexibility index (Phi) is 3.39. The third-order valence-electron chi connectivity index (χ3n) is 4.44. The van der Waals surface area contributed by atoms with Crippen LogP contribution < -0.4 is 0 Å². The minimum atomic E-state index is -5.59. The van der Waals surface area contributed by atoms with Crippen molar-refractivity contribution in [3.8, 4) is 0 Å². The van der Waals surface area contributed by atoms with Crippen molar-refractivity contribution in [2.75, 3.05) is 5.33 Å². The highest BCUT2D eigenvalue weighted by atomic mass is 79.9. The largest absolute Gasteiger partial charge is 0.523 e. The monoisotopic (exact) mass is 362 g/mol. The Morgan fingerprint density at radius 2 is 2.11 bits per heavy atom. The van der Waals surface area contributed by atoms with Crippen LogP contribution in [0, 0.1) is 11.3 Å². The summed E-state index contributed by atoms with van der Waals surface area (Å²) in [5, 5.41) is 0.528. The molecule has 0 unspecified atom stereocenters. The van der Waals surface area contributed by atoms with Crippen molar-refractivity contribution < 1.29 is 25.8 Å². The van der Waals surface area contributed by atoms with E-state index in [9.17, 15) is 21.6 Å². The fraction of sp³-hybridized carbons (Fsp3) is 0.818. The Bertz CT molecular complexity index is 516. The molecule has 3 nitrogen and oxygen atoms in total. The first-order valence-electron chi connectivity index (χ1n) is 5.76. The molecule has 2 saturated carbocycles. The second-order valence-electron chi connectivity index (χ2n) is 5.45. The van der Waals surface area contributed by atoms with E-state index < -0.39 is 26.6 Å². The van der Waals surface area contributed by atoms with E-state index in [-0.39, 0.29) is 18.8 Å². The van der Waals surface area contributed by atoms with Gasteiger partial charge in [-0.25, -0.2) is 0 Å². The third-order valence-corrected chi connectivity index (χ3v) is 6.71. The Balaban J connectivity index is 2.35. The van der Waals surface area contributed by atoms with Gasteiger partial charge in [-0.2, -0.15) is 21.6 Å². The van der Waals surface area contributed by atoms with Gasteiger partial charge in [-0.3, -0.25) is 4.18 Å². The minimum absolute atomic E-state index is 0.0998.